The molecule has 0 radical (unpaired) electrons. The zero-order chi connectivity index (χ0) is 17.1. The lowest BCUT2D eigenvalue weighted by Crippen LogP contribution is -2.33. The van der Waals surface area contributed by atoms with Gasteiger partial charge in [0.2, 0.25) is 0 Å². The first-order valence-electron chi connectivity index (χ1n) is 9.70. The van der Waals surface area contributed by atoms with Crippen LogP contribution < -0.4 is 0 Å². The van der Waals surface area contributed by atoms with E-state index in [-0.39, 0.29) is 0 Å². The van der Waals surface area contributed by atoms with E-state index >= 15 is 0 Å². The van der Waals surface area contributed by atoms with Gasteiger partial charge in [-0.2, -0.15) is 0 Å². The van der Waals surface area contributed by atoms with Gasteiger partial charge in [-0.1, -0.05) is 30.7 Å². The van der Waals surface area contributed by atoms with Crippen LogP contribution in [0.4, 0.5) is 0 Å². The van der Waals surface area contributed by atoms with Gasteiger partial charge in [-0.25, -0.2) is 0 Å². The molecular formula is C22H28N2O. The molecule has 132 valence electrons. The van der Waals surface area contributed by atoms with Gasteiger partial charge in [0.1, 0.15) is 5.75 Å². The Morgan fingerprint density at radius 1 is 0.920 bits per heavy atom. The Morgan fingerprint density at radius 2 is 1.60 bits per heavy atom. The largest absolute Gasteiger partial charge is 0.506 e. The smallest absolute Gasteiger partial charge is 0.138 e. The van der Waals surface area contributed by atoms with Gasteiger partial charge in [0.25, 0.3) is 0 Å². The molecule has 3 heteroatoms. The first-order chi connectivity index (χ1) is 12.3. The monoisotopic (exact) mass is 336 g/mol. The molecule has 1 fully saturated rings. The number of aromatic nitrogens is 1. The summed E-state index contributed by atoms with van der Waals surface area (Å²) in [5.41, 5.74) is 3.97. The molecule has 0 unspecified atom stereocenters. The lowest BCUT2D eigenvalue weighted by Gasteiger charge is -2.32. The number of hydrogen-bond donors (Lipinski definition) is 1. The third-order valence-electron chi connectivity index (χ3n) is 6.07. The van der Waals surface area contributed by atoms with E-state index < -0.39 is 0 Å². The van der Waals surface area contributed by atoms with Crippen molar-refractivity contribution in [3.05, 3.63) is 59.4 Å². The van der Waals surface area contributed by atoms with Crippen molar-refractivity contribution < 1.29 is 5.11 Å². The molecule has 1 aliphatic heterocycles. The highest BCUT2D eigenvalue weighted by Crippen LogP contribution is 2.32. The third kappa shape index (κ3) is 4.04. The maximum Gasteiger partial charge on any atom is 0.138 e. The molecule has 0 amide bonds. The van der Waals surface area contributed by atoms with Crippen molar-refractivity contribution in [2.45, 2.75) is 45.1 Å². The van der Waals surface area contributed by atoms with Crippen molar-refractivity contribution >= 4 is 0 Å². The maximum atomic E-state index is 9.88. The Bertz CT molecular complexity index is 682. The van der Waals surface area contributed by atoms with Crippen LogP contribution in [0.25, 0.3) is 0 Å². The zero-order valence-corrected chi connectivity index (χ0v) is 14.9. The molecule has 1 saturated heterocycles. The SMILES string of the molecule is Oc1cccnc1CN1CCC(CCC2Cc3ccccc3C2)CC1. The highest BCUT2D eigenvalue weighted by Gasteiger charge is 2.24. The average molecular weight is 336 g/mol. The van der Waals surface area contributed by atoms with E-state index in [4.69, 9.17) is 0 Å². The van der Waals surface area contributed by atoms with Crippen molar-refractivity contribution in [3.63, 3.8) is 0 Å². The van der Waals surface area contributed by atoms with Crippen molar-refractivity contribution in [2.75, 3.05) is 13.1 Å². The van der Waals surface area contributed by atoms with Gasteiger partial charge in [0.05, 0.1) is 5.69 Å². The molecule has 1 aliphatic carbocycles. The lowest BCUT2D eigenvalue weighted by molar-refractivity contribution is 0.164. The highest BCUT2D eigenvalue weighted by atomic mass is 16.3. The van der Waals surface area contributed by atoms with E-state index in [2.05, 4.69) is 34.1 Å². The predicted molar refractivity (Wildman–Crippen MR) is 100 cm³/mol. The summed E-state index contributed by atoms with van der Waals surface area (Å²) < 4.78 is 0. The van der Waals surface area contributed by atoms with Crippen molar-refractivity contribution in [3.8, 4) is 5.75 Å². The van der Waals surface area contributed by atoms with E-state index in [0.717, 1.165) is 37.2 Å². The number of piperidine rings is 1. The van der Waals surface area contributed by atoms with E-state index in [1.54, 1.807) is 29.5 Å². The fourth-order valence-corrected chi connectivity index (χ4v) is 4.52. The number of fused-ring (bicyclic) bond motifs is 1. The van der Waals surface area contributed by atoms with E-state index in [0.29, 0.717) is 5.75 Å². The van der Waals surface area contributed by atoms with Gasteiger partial charge in [0.15, 0.2) is 0 Å². The van der Waals surface area contributed by atoms with Crippen molar-refractivity contribution in [1.29, 1.82) is 0 Å². The summed E-state index contributed by atoms with van der Waals surface area (Å²) in [6.07, 6.45) is 9.66. The molecule has 0 spiro atoms. The lowest BCUT2D eigenvalue weighted by atomic mass is 9.88. The molecule has 3 nitrogen and oxygen atoms in total. The molecule has 2 heterocycles. The summed E-state index contributed by atoms with van der Waals surface area (Å²) in [6.45, 7) is 3.04. The zero-order valence-electron chi connectivity index (χ0n) is 14.9. The van der Waals surface area contributed by atoms with Crippen LogP contribution in [0.2, 0.25) is 0 Å². The van der Waals surface area contributed by atoms with Crippen LogP contribution in [-0.2, 0) is 19.4 Å². The summed E-state index contributed by atoms with van der Waals surface area (Å²) >= 11 is 0. The number of benzene rings is 1. The van der Waals surface area contributed by atoms with Gasteiger partial charge in [0, 0.05) is 12.7 Å². The van der Waals surface area contributed by atoms with Gasteiger partial charge >= 0.3 is 0 Å². The number of rotatable bonds is 5. The van der Waals surface area contributed by atoms with Crippen molar-refractivity contribution in [1.82, 2.24) is 9.88 Å². The first-order valence-corrected chi connectivity index (χ1v) is 9.70. The summed E-state index contributed by atoms with van der Waals surface area (Å²) in [6, 6.07) is 12.5. The Hall–Kier alpha value is -1.87. The van der Waals surface area contributed by atoms with E-state index in [1.165, 1.54) is 38.5 Å². The maximum absolute atomic E-state index is 9.88. The molecule has 0 bridgehead atoms. The fourth-order valence-electron chi connectivity index (χ4n) is 4.52. The summed E-state index contributed by atoms with van der Waals surface area (Å²) in [5.74, 6) is 2.06. The number of pyridine rings is 1. The quantitative estimate of drug-likeness (QED) is 0.889. The average Bonchev–Trinajstić information content (AvgIpc) is 3.06. The number of aromatic hydroxyl groups is 1. The van der Waals surface area contributed by atoms with Crippen LogP contribution in [0.5, 0.6) is 5.75 Å². The Morgan fingerprint density at radius 3 is 2.28 bits per heavy atom. The molecule has 4 rings (SSSR count). The summed E-state index contributed by atoms with van der Waals surface area (Å²) in [7, 11) is 0. The molecule has 2 aliphatic rings. The highest BCUT2D eigenvalue weighted by molar-refractivity contribution is 5.32. The van der Waals surface area contributed by atoms with Crippen LogP contribution in [0.3, 0.4) is 0 Å². The Kier molecular flexibility index (Phi) is 5.02. The van der Waals surface area contributed by atoms with Gasteiger partial charge in [-0.15, -0.1) is 0 Å². The van der Waals surface area contributed by atoms with Gasteiger partial charge in [-0.05, 0) is 80.3 Å². The molecule has 0 atom stereocenters. The second-order valence-corrected chi connectivity index (χ2v) is 7.81. The van der Waals surface area contributed by atoms with Crippen LogP contribution in [-0.4, -0.2) is 28.1 Å². The second-order valence-electron chi connectivity index (χ2n) is 7.81. The number of likely N-dealkylation sites (tertiary alicyclic amines) is 1. The van der Waals surface area contributed by atoms with E-state index in [9.17, 15) is 5.11 Å². The first kappa shape index (κ1) is 16.6. The summed E-state index contributed by atoms with van der Waals surface area (Å²) in [5, 5.41) is 9.88. The van der Waals surface area contributed by atoms with Crippen LogP contribution >= 0.6 is 0 Å². The normalized spacial score (nSPS) is 19.2. The van der Waals surface area contributed by atoms with E-state index in [1.807, 2.05) is 0 Å². The Balaban J connectivity index is 1.20. The molecule has 1 aromatic heterocycles. The molecule has 0 saturated carbocycles. The van der Waals surface area contributed by atoms with Crippen molar-refractivity contribution in [2.24, 2.45) is 11.8 Å². The van der Waals surface area contributed by atoms with Crippen LogP contribution in [0.1, 0.15) is 42.5 Å². The number of nitrogens with zero attached hydrogens (tertiary/aromatic N) is 2. The molecular weight excluding hydrogens is 308 g/mol. The predicted octanol–water partition coefficient (Wildman–Crippen LogP) is 4.19. The molecule has 1 N–H and O–H groups in total. The topological polar surface area (TPSA) is 36.4 Å². The van der Waals surface area contributed by atoms with Gasteiger partial charge in [-0.3, -0.25) is 9.88 Å². The van der Waals surface area contributed by atoms with Gasteiger partial charge < -0.3 is 5.11 Å². The minimum Gasteiger partial charge on any atom is -0.506 e. The molecule has 1 aromatic carbocycles. The van der Waals surface area contributed by atoms with Crippen LogP contribution in [0.15, 0.2) is 42.6 Å². The van der Waals surface area contributed by atoms with Crippen LogP contribution in [0, 0.1) is 11.8 Å². The minimum absolute atomic E-state index is 0.324. The standard InChI is InChI=1S/C22H28N2O/c25-22-6-3-11-23-21(22)16-24-12-9-17(10-13-24)7-8-18-14-19-4-1-2-5-20(19)15-18/h1-6,11,17-18,25H,7-10,12-16H2. The molecule has 2 aromatic rings. The number of hydrogen-bond acceptors (Lipinski definition) is 3. The third-order valence-corrected chi connectivity index (χ3v) is 6.07. The fraction of sp³-hybridized carbons (Fsp3) is 0.500. The summed E-state index contributed by atoms with van der Waals surface area (Å²) in [4.78, 5) is 6.74. The second kappa shape index (κ2) is 7.57. The molecule has 25 heavy (non-hydrogen) atoms. The Labute approximate surface area is 150 Å². The minimum atomic E-state index is 0.324.